The molecule has 0 saturated heterocycles. The standard InChI is InChI=1S/C48H91N19O15.C2HF3O2/c1-24(50)37(72)59-31(16-12-21-57-48(54)55)42(77)66-36(27(4)70)45(80)63-29(14-8-10-22-67(5)6)39(74)62-32(17-18-34(51)71)43(78)65-35(26(3)69)44(79)58-25(2)38(73)60-30(15-11-20-56-47(52)53)40(75)61-28(13-7-9-19-49)41(76)64-33(23-68)46(81)82;3-2(4,5)1(6)7/h24-33,35-36,68-70H,7-23,49-50H2,1-6H3,(H2,51,71)(H,58,79)(H,59,72)(H,60,73)(H,61,75)(H,62,74)(H,63,80)(H,64,76)(H,65,78)(H,66,77)(H,81,82)(H4,52,53,56)(H4,54,55,57);(H,6,7)/t24-,25-,26+,27+,28-,29-,30-,31-,32-,33-,35-,36-;/m0./s1. The van der Waals surface area contributed by atoms with Crippen LogP contribution in [0.2, 0.25) is 0 Å². The van der Waals surface area contributed by atoms with E-state index in [0.717, 1.165) is 6.92 Å². The van der Waals surface area contributed by atoms with E-state index >= 15 is 0 Å². The van der Waals surface area contributed by atoms with Gasteiger partial charge in [0.25, 0.3) is 0 Å². The van der Waals surface area contributed by atoms with Gasteiger partial charge in [0.05, 0.1) is 24.9 Å². The molecular formula is C50H92F3N19O17. The summed E-state index contributed by atoms with van der Waals surface area (Å²) in [6.07, 6.45) is -7.86. The van der Waals surface area contributed by atoms with Crippen LogP contribution >= 0.6 is 0 Å². The van der Waals surface area contributed by atoms with Crippen LogP contribution in [0.5, 0.6) is 0 Å². The van der Waals surface area contributed by atoms with Crippen molar-refractivity contribution < 1.29 is 96.2 Å². The number of hydrogen-bond acceptors (Lipinski definition) is 20. The molecule has 28 N–H and O–H groups in total. The summed E-state index contributed by atoms with van der Waals surface area (Å²) in [4.78, 5) is 165. The molecule has 12 atom stereocenters. The summed E-state index contributed by atoms with van der Waals surface area (Å²) < 4.78 is 31.7. The van der Waals surface area contributed by atoms with E-state index in [1.54, 1.807) is 14.1 Å². The Morgan fingerprint density at radius 3 is 1.16 bits per heavy atom. The topological polar surface area (TPSA) is 624 Å². The minimum atomic E-state index is -5.08. The van der Waals surface area contributed by atoms with E-state index < -0.39 is 169 Å². The van der Waals surface area contributed by atoms with Crippen LogP contribution in [0.4, 0.5) is 13.2 Å². The number of primary amides is 1. The Balaban J connectivity index is 0. The number of nitrogens with zero attached hydrogens (tertiary/aromatic N) is 3. The highest BCUT2D eigenvalue weighted by atomic mass is 19.4. The number of carbonyl (C=O) groups is 12. The van der Waals surface area contributed by atoms with Gasteiger partial charge in [0.1, 0.15) is 54.4 Å². The molecule has 0 aromatic heterocycles. The molecule has 89 heavy (non-hydrogen) atoms. The van der Waals surface area contributed by atoms with Gasteiger partial charge in [-0.3, -0.25) is 57.9 Å². The smallest absolute Gasteiger partial charge is 0.480 e. The van der Waals surface area contributed by atoms with E-state index in [1.165, 1.54) is 20.8 Å². The van der Waals surface area contributed by atoms with E-state index in [-0.39, 0.29) is 70.1 Å². The van der Waals surface area contributed by atoms with E-state index in [1.807, 2.05) is 4.90 Å². The molecule has 0 aliphatic carbocycles. The first-order valence-corrected chi connectivity index (χ1v) is 28.0. The molecule has 0 aliphatic rings. The molecule has 0 radical (unpaired) electrons. The van der Waals surface area contributed by atoms with Crippen LogP contribution in [0.3, 0.4) is 0 Å². The Hall–Kier alpha value is -8.27. The Bertz CT molecular complexity index is 2380. The molecule has 0 saturated carbocycles. The lowest BCUT2D eigenvalue weighted by molar-refractivity contribution is -0.192. The van der Waals surface area contributed by atoms with Crippen LogP contribution < -0.4 is 88.0 Å². The molecular weight excluding hydrogens is 1200 g/mol. The van der Waals surface area contributed by atoms with Gasteiger partial charge in [0.15, 0.2) is 11.9 Å². The van der Waals surface area contributed by atoms with Crippen molar-refractivity contribution in [3.05, 3.63) is 0 Å². The predicted octanol–water partition coefficient (Wildman–Crippen LogP) is -8.58. The number of aliphatic carboxylic acids is 2. The number of aliphatic hydroxyl groups is 3. The zero-order chi connectivity index (χ0) is 68.9. The number of carboxylic acid groups (broad SMARTS) is 2. The van der Waals surface area contributed by atoms with Gasteiger partial charge in [-0.1, -0.05) is 0 Å². The number of nitrogens with two attached hydrogens (primary N) is 7. The van der Waals surface area contributed by atoms with Crippen molar-refractivity contribution in [2.24, 2.45) is 50.1 Å². The summed E-state index contributed by atoms with van der Waals surface area (Å²) >= 11 is 0. The van der Waals surface area contributed by atoms with E-state index in [9.17, 15) is 86.3 Å². The zero-order valence-corrected chi connectivity index (χ0v) is 50.6. The molecule has 10 amide bonds. The van der Waals surface area contributed by atoms with Crippen LogP contribution in [0.1, 0.15) is 105 Å². The SMILES string of the molecule is C[C@H](N)C(=O)N[C@@H](CCCN=C(N)N)C(=O)N[C@H](C(=O)N[C@@H](CCCCN(C)C)C(=O)N[C@@H](CCC(N)=O)C(=O)N[C@H](C(=O)N[C@@H](C)C(=O)N[C@@H](CCCN=C(N)N)C(=O)N[C@@H](CCCCN)C(=O)N[C@@H](CO)C(=O)O)[C@@H](C)O)[C@@H](C)O.O=C(O)C(F)(F)F. The monoisotopic (exact) mass is 1290 g/mol. The fraction of sp³-hybridized carbons (Fsp3) is 0.720. The number of aliphatic imine (C=N–C) groups is 2. The second kappa shape index (κ2) is 43.4. The minimum absolute atomic E-state index is 0.0124. The van der Waals surface area contributed by atoms with Crippen molar-refractivity contribution in [2.75, 3.05) is 46.9 Å². The Kier molecular flexibility index (Phi) is 40.4. The molecule has 0 rings (SSSR count). The molecule has 0 spiro atoms. The Morgan fingerprint density at radius 1 is 0.483 bits per heavy atom. The second-order valence-electron chi connectivity index (χ2n) is 20.6. The fourth-order valence-corrected chi connectivity index (χ4v) is 7.46. The molecule has 0 aliphatic heterocycles. The highest BCUT2D eigenvalue weighted by Gasteiger charge is 2.39. The number of carboxylic acids is 2. The summed E-state index contributed by atoms with van der Waals surface area (Å²) in [6.45, 7) is 4.73. The fourth-order valence-electron chi connectivity index (χ4n) is 7.46. The highest BCUT2D eigenvalue weighted by molar-refractivity contribution is 5.99. The predicted molar refractivity (Wildman–Crippen MR) is 312 cm³/mol. The lowest BCUT2D eigenvalue weighted by atomic mass is 10.0. The first-order valence-electron chi connectivity index (χ1n) is 28.0. The number of guanidine groups is 2. The number of aliphatic hydroxyl groups excluding tert-OH is 3. The summed E-state index contributed by atoms with van der Waals surface area (Å²) in [5, 5.41) is 69.0. The third-order valence-electron chi connectivity index (χ3n) is 12.4. The normalized spacial score (nSPS) is 15.1. The summed E-state index contributed by atoms with van der Waals surface area (Å²) in [5.41, 5.74) is 38.3. The first-order chi connectivity index (χ1) is 41.3. The molecule has 0 aromatic carbocycles. The maximum atomic E-state index is 14.2. The number of carbonyl (C=O) groups excluding carboxylic acids is 10. The summed E-state index contributed by atoms with van der Waals surface area (Å²) in [6, 6.07) is -15.1. The van der Waals surface area contributed by atoms with Gasteiger partial charge >= 0.3 is 18.1 Å². The van der Waals surface area contributed by atoms with Crippen LogP contribution in [0, 0.1) is 0 Å². The summed E-state index contributed by atoms with van der Waals surface area (Å²) in [5.74, 6) is -14.6. The highest BCUT2D eigenvalue weighted by Crippen LogP contribution is 2.14. The average Bonchev–Trinajstić information content (AvgIpc) is 3.57. The quantitative estimate of drug-likeness (QED) is 0.0153. The van der Waals surface area contributed by atoms with Crippen LogP contribution in [0.25, 0.3) is 0 Å². The number of hydrogen-bond donors (Lipinski definition) is 21. The maximum absolute atomic E-state index is 14.2. The molecule has 0 aromatic rings. The lowest BCUT2D eigenvalue weighted by Gasteiger charge is -2.29. The number of unbranched alkanes of at least 4 members (excludes halogenated alkanes) is 2. The average molecular weight is 1290 g/mol. The Labute approximate surface area is 511 Å². The number of amides is 10. The third kappa shape index (κ3) is 36.6. The minimum Gasteiger partial charge on any atom is -0.480 e. The third-order valence-corrected chi connectivity index (χ3v) is 12.4. The number of rotatable bonds is 42. The van der Waals surface area contributed by atoms with Gasteiger partial charge in [-0.15, -0.1) is 0 Å². The van der Waals surface area contributed by atoms with Gasteiger partial charge in [0, 0.05) is 19.5 Å². The van der Waals surface area contributed by atoms with Gasteiger partial charge in [-0.2, -0.15) is 13.2 Å². The number of nitrogens with one attached hydrogen (secondary N) is 9. The second-order valence-corrected chi connectivity index (χ2v) is 20.6. The molecule has 39 heteroatoms. The lowest BCUT2D eigenvalue weighted by Crippen LogP contribution is -2.62. The van der Waals surface area contributed by atoms with E-state index in [4.69, 9.17) is 50.0 Å². The van der Waals surface area contributed by atoms with Gasteiger partial charge in [-0.25, -0.2) is 9.59 Å². The number of alkyl halides is 3. The van der Waals surface area contributed by atoms with E-state index in [0.29, 0.717) is 32.2 Å². The van der Waals surface area contributed by atoms with Crippen molar-refractivity contribution in [2.45, 2.75) is 184 Å². The van der Waals surface area contributed by atoms with Crippen LogP contribution in [0.15, 0.2) is 9.98 Å². The number of halogens is 3. The van der Waals surface area contributed by atoms with Crippen molar-refractivity contribution >= 4 is 82.9 Å². The van der Waals surface area contributed by atoms with Crippen LogP contribution in [-0.4, -0.2) is 239 Å². The summed E-state index contributed by atoms with van der Waals surface area (Å²) in [7, 11) is 3.61. The van der Waals surface area contributed by atoms with Gasteiger partial charge in [-0.05, 0) is 126 Å². The van der Waals surface area contributed by atoms with Crippen molar-refractivity contribution in [3.63, 3.8) is 0 Å². The van der Waals surface area contributed by atoms with Gasteiger partial charge in [0.2, 0.25) is 59.1 Å². The van der Waals surface area contributed by atoms with Crippen molar-refractivity contribution in [1.29, 1.82) is 0 Å². The molecule has 0 fully saturated rings. The maximum Gasteiger partial charge on any atom is 0.490 e. The van der Waals surface area contributed by atoms with Gasteiger partial charge < -0.3 is 118 Å². The molecule has 0 heterocycles. The Morgan fingerprint density at radius 2 is 0.820 bits per heavy atom. The van der Waals surface area contributed by atoms with Crippen molar-refractivity contribution in [1.82, 2.24) is 52.8 Å². The molecule has 0 unspecified atom stereocenters. The van der Waals surface area contributed by atoms with Crippen molar-refractivity contribution in [3.8, 4) is 0 Å². The molecule has 510 valence electrons. The molecule has 36 nitrogen and oxygen atoms in total. The molecule has 0 bridgehead atoms. The first kappa shape index (κ1) is 82.8. The zero-order valence-electron chi connectivity index (χ0n) is 50.6. The van der Waals surface area contributed by atoms with E-state index in [2.05, 4.69) is 57.8 Å². The largest absolute Gasteiger partial charge is 0.490 e. The van der Waals surface area contributed by atoms with Crippen LogP contribution in [-0.2, 0) is 57.5 Å².